The fourth-order valence-corrected chi connectivity index (χ4v) is 5.09. The number of benzene rings is 1. The Labute approximate surface area is 252 Å². The highest BCUT2D eigenvalue weighted by atomic mass is 19.4. The smallest absolute Gasteiger partial charge is 0.475 e. The molecular weight excluding hydrogens is 625 g/mol. The molecule has 0 bridgehead atoms. The van der Waals surface area contributed by atoms with Gasteiger partial charge in [0.15, 0.2) is 5.82 Å². The van der Waals surface area contributed by atoms with Gasteiger partial charge in [-0.2, -0.15) is 26.3 Å². The van der Waals surface area contributed by atoms with Crippen molar-refractivity contribution in [1.82, 2.24) is 29.5 Å². The minimum absolute atomic E-state index is 0.0458. The molecule has 1 spiro atoms. The molecular formula is C26H31F7N6O6. The van der Waals surface area contributed by atoms with Gasteiger partial charge in [0.2, 0.25) is 5.82 Å². The highest BCUT2D eigenvalue weighted by Gasteiger charge is 2.47. The van der Waals surface area contributed by atoms with Gasteiger partial charge in [-0.25, -0.2) is 14.0 Å². The zero-order valence-corrected chi connectivity index (χ0v) is 23.9. The number of carbonyl (C=O) groups excluding carboxylic acids is 1. The van der Waals surface area contributed by atoms with Crippen molar-refractivity contribution in [2.75, 3.05) is 53.0 Å². The van der Waals surface area contributed by atoms with Gasteiger partial charge in [-0.1, -0.05) is 12.1 Å². The number of alkyl halides is 6. The largest absolute Gasteiger partial charge is 0.490 e. The maximum atomic E-state index is 13.2. The number of amides is 1. The summed E-state index contributed by atoms with van der Waals surface area (Å²) < 4.78 is 84.1. The van der Waals surface area contributed by atoms with E-state index in [1.165, 1.54) is 12.1 Å². The highest BCUT2D eigenvalue weighted by Crippen LogP contribution is 2.40. The van der Waals surface area contributed by atoms with Gasteiger partial charge in [0.1, 0.15) is 5.82 Å². The quantitative estimate of drug-likeness (QED) is 0.474. The molecule has 1 amide bonds. The standard InChI is InChI=1S/C22H29FN6O2.2C2HF3O2/c1-26-10-11-29-19(20(30)28-12-14-31-15-13-28)24-25-21(29)22(26)6-8-27(9-7-22)16-17-2-4-18(23)5-3-17;2*3-2(4,5)1(6)7/h2-5H,6-16H2,1H3;2*(H,6,7). The molecule has 0 atom stereocenters. The number of rotatable bonds is 3. The average Bonchev–Trinajstić information content (AvgIpc) is 3.42. The maximum Gasteiger partial charge on any atom is 0.490 e. The topological polar surface area (TPSA) is 141 Å². The van der Waals surface area contributed by atoms with Gasteiger partial charge in [-0.05, 0) is 37.6 Å². The van der Waals surface area contributed by atoms with Crippen LogP contribution in [0, 0.1) is 5.82 Å². The number of carboxylic acids is 2. The molecule has 2 N–H and O–H groups in total. The number of aromatic nitrogens is 3. The zero-order valence-electron chi connectivity index (χ0n) is 23.9. The summed E-state index contributed by atoms with van der Waals surface area (Å²) >= 11 is 0. The molecule has 1 aromatic heterocycles. The van der Waals surface area contributed by atoms with E-state index in [2.05, 4.69) is 27.0 Å². The molecule has 0 saturated carbocycles. The molecule has 2 saturated heterocycles. The van der Waals surface area contributed by atoms with Crippen LogP contribution in [0.15, 0.2) is 24.3 Å². The third-order valence-corrected chi connectivity index (χ3v) is 7.53. The van der Waals surface area contributed by atoms with Gasteiger partial charge in [0.25, 0.3) is 5.91 Å². The van der Waals surface area contributed by atoms with Crippen molar-refractivity contribution in [1.29, 1.82) is 0 Å². The summed E-state index contributed by atoms with van der Waals surface area (Å²) in [7, 11) is 2.15. The summed E-state index contributed by atoms with van der Waals surface area (Å²) in [6.07, 6.45) is -8.32. The number of carbonyl (C=O) groups is 3. The molecule has 12 nitrogen and oxygen atoms in total. The first-order valence-corrected chi connectivity index (χ1v) is 13.5. The minimum Gasteiger partial charge on any atom is -0.475 e. The number of hydrogen-bond donors (Lipinski definition) is 2. The van der Waals surface area contributed by atoms with Crippen LogP contribution in [0.1, 0.15) is 34.8 Å². The summed E-state index contributed by atoms with van der Waals surface area (Å²) in [6, 6.07) is 6.75. The number of hydrogen-bond acceptors (Lipinski definition) is 8. The Morgan fingerprint density at radius 3 is 1.84 bits per heavy atom. The Morgan fingerprint density at radius 2 is 1.36 bits per heavy atom. The predicted octanol–water partition coefficient (Wildman–Crippen LogP) is 2.59. The second-order valence-electron chi connectivity index (χ2n) is 10.4. The summed E-state index contributed by atoms with van der Waals surface area (Å²) in [4.78, 5) is 37.5. The lowest BCUT2D eigenvalue weighted by Gasteiger charge is -2.49. The van der Waals surface area contributed by atoms with Crippen molar-refractivity contribution in [2.45, 2.75) is 43.8 Å². The fourth-order valence-electron chi connectivity index (χ4n) is 5.09. The van der Waals surface area contributed by atoms with Gasteiger partial charge in [-0.3, -0.25) is 14.6 Å². The first-order valence-electron chi connectivity index (χ1n) is 13.5. The van der Waals surface area contributed by atoms with E-state index in [1.54, 1.807) is 0 Å². The molecule has 250 valence electrons. The van der Waals surface area contributed by atoms with E-state index in [9.17, 15) is 35.5 Å². The van der Waals surface area contributed by atoms with Crippen molar-refractivity contribution in [3.8, 4) is 0 Å². The Bertz CT molecular complexity index is 1300. The average molecular weight is 657 g/mol. The van der Waals surface area contributed by atoms with E-state index in [-0.39, 0.29) is 17.3 Å². The maximum absolute atomic E-state index is 13.2. The molecule has 4 heterocycles. The predicted molar refractivity (Wildman–Crippen MR) is 139 cm³/mol. The van der Waals surface area contributed by atoms with Crippen molar-refractivity contribution in [3.63, 3.8) is 0 Å². The van der Waals surface area contributed by atoms with E-state index in [1.807, 2.05) is 21.6 Å². The van der Waals surface area contributed by atoms with E-state index < -0.39 is 24.3 Å². The van der Waals surface area contributed by atoms with Crippen molar-refractivity contribution in [3.05, 3.63) is 47.3 Å². The number of ether oxygens (including phenoxy) is 1. The SMILES string of the molecule is CN1CCn2c(C(=O)N3CCOCC3)nnc2C12CCN(Cc1ccc(F)cc1)CC2.O=C(O)C(F)(F)F.O=C(O)C(F)(F)F. The Kier molecular flexibility index (Phi) is 11.5. The van der Waals surface area contributed by atoms with Gasteiger partial charge in [-0.15, -0.1) is 10.2 Å². The normalized spacial score (nSPS) is 18.6. The molecule has 1 aromatic carbocycles. The summed E-state index contributed by atoms with van der Waals surface area (Å²) in [5.74, 6) is -4.39. The Morgan fingerprint density at radius 1 is 0.844 bits per heavy atom. The van der Waals surface area contributed by atoms with E-state index in [4.69, 9.17) is 24.5 Å². The number of carboxylic acid groups (broad SMARTS) is 2. The van der Waals surface area contributed by atoms with Crippen LogP contribution in [0.25, 0.3) is 0 Å². The summed E-state index contributed by atoms with van der Waals surface area (Å²) in [6.45, 7) is 6.59. The zero-order chi connectivity index (χ0) is 33.6. The van der Waals surface area contributed by atoms with Crippen molar-refractivity contribution < 1.29 is 60.1 Å². The summed E-state index contributed by atoms with van der Waals surface area (Å²) in [5.41, 5.74) is 0.921. The lowest BCUT2D eigenvalue weighted by atomic mass is 9.83. The van der Waals surface area contributed by atoms with Gasteiger partial charge >= 0.3 is 24.3 Å². The number of aliphatic carboxylic acids is 2. The number of likely N-dealkylation sites (N-methyl/N-ethyl adjacent to an activating group) is 1. The van der Waals surface area contributed by atoms with Gasteiger partial charge in [0, 0.05) is 45.8 Å². The monoisotopic (exact) mass is 656 g/mol. The molecule has 0 unspecified atom stereocenters. The molecule has 3 aliphatic rings. The number of nitrogens with zero attached hydrogens (tertiary/aromatic N) is 6. The van der Waals surface area contributed by atoms with Gasteiger partial charge in [0.05, 0.1) is 18.8 Å². The molecule has 3 aliphatic heterocycles. The second kappa shape index (κ2) is 14.5. The van der Waals surface area contributed by atoms with E-state index in [0.29, 0.717) is 32.1 Å². The lowest BCUT2D eigenvalue weighted by molar-refractivity contribution is -0.193. The number of halogens is 7. The van der Waals surface area contributed by atoms with Crippen LogP contribution < -0.4 is 0 Å². The highest BCUT2D eigenvalue weighted by molar-refractivity contribution is 5.91. The first kappa shape index (κ1) is 35.6. The minimum atomic E-state index is -5.08. The first-order chi connectivity index (χ1) is 21.0. The molecule has 0 aliphatic carbocycles. The van der Waals surface area contributed by atoms with E-state index in [0.717, 1.165) is 57.0 Å². The van der Waals surface area contributed by atoms with Crippen LogP contribution in [0.3, 0.4) is 0 Å². The van der Waals surface area contributed by atoms with Crippen LogP contribution in [0.4, 0.5) is 30.7 Å². The van der Waals surface area contributed by atoms with Crippen LogP contribution in [-0.4, -0.2) is 123 Å². The second-order valence-corrected chi connectivity index (χ2v) is 10.4. The molecule has 2 aromatic rings. The molecule has 5 rings (SSSR count). The number of piperidine rings is 1. The molecule has 2 fully saturated rings. The Balaban J connectivity index is 0.000000331. The van der Waals surface area contributed by atoms with Gasteiger partial charge < -0.3 is 24.4 Å². The lowest BCUT2D eigenvalue weighted by Crippen LogP contribution is -2.56. The van der Waals surface area contributed by atoms with Crippen LogP contribution in [0.2, 0.25) is 0 Å². The molecule has 19 heteroatoms. The molecule has 45 heavy (non-hydrogen) atoms. The van der Waals surface area contributed by atoms with Crippen LogP contribution >= 0.6 is 0 Å². The summed E-state index contributed by atoms with van der Waals surface area (Å²) in [5, 5.41) is 23.2. The fraction of sp³-hybridized carbons (Fsp3) is 0.577. The van der Waals surface area contributed by atoms with Crippen LogP contribution in [-0.2, 0) is 33.0 Å². The number of likely N-dealkylation sites (tertiary alicyclic amines) is 1. The van der Waals surface area contributed by atoms with Crippen molar-refractivity contribution in [2.24, 2.45) is 0 Å². The van der Waals surface area contributed by atoms with Crippen LogP contribution in [0.5, 0.6) is 0 Å². The number of fused-ring (bicyclic) bond motifs is 2. The molecule has 0 radical (unpaired) electrons. The van der Waals surface area contributed by atoms with E-state index >= 15 is 0 Å². The Hall–Kier alpha value is -3.84. The van der Waals surface area contributed by atoms with Crippen molar-refractivity contribution >= 4 is 17.8 Å². The number of morpholine rings is 1. The third kappa shape index (κ3) is 9.10. The third-order valence-electron chi connectivity index (χ3n) is 7.53.